The van der Waals surface area contributed by atoms with E-state index in [1.807, 2.05) is 0 Å². The molecule has 2 atom stereocenters. The summed E-state index contributed by atoms with van der Waals surface area (Å²) in [6, 6.07) is 6.35. The fourth-order valence-electron chi connectivity index (χ4n) is 1.55. The lowest BCUT2D eigenvalue weighted by Crippen LogP contribution is -1.94. The lowest BCUT2D eigenvalue weighted by Gasteiger charge is -1.92. The Kier molecular flexibility index (Phi) is 3.67. The van der Waals surface area contributed by atoms with Crippen LogP contribution < -0.4 is 0 Å². The fourth-order valence-corrected chi connectivity index (χ4v) is 1.55. The predicted octanol–water partition coefficient (Wildman–Crippen LogP) is 1.37. The first-order valence-electron chi connectivity index (χ1n) is 5.66. The quantitative estimate of drug-likeness (QED) is 0.767. The van der Waals surface area contributed by atoms with Gasteiger partial charge in [-0.1, -0.05) is 11.8 Å². The van der Waals surface area contributed by atoms with Crippen molar-refractivity contribution in [1.82, 2.24) is 0 Å². The first-order valence-corrected chi connectivity index (χ1v) is 5.66. The molecule has 1 aliphatic rings. The van der Waals surface area contributed by atoms with Crippen LogP contribution in [0.15, 0.2) is 24.3 Å². The van der Waals surface area contributed by atoms with E-state index in [1.54, 1.807) is 12.1 Å². The van der Waals surface area contributed by atoms with Crippen LogP contribution in [0.4, 0.5) is 0 Å². The smallest absolute Gasteiger partial charge is 0.335 e. The molecule has 0 saturated heterocycles. The van der Waals surface area contributed by atoms with Gasteiger partial charge in [0.25, 0.3) is 0 Å². The van der Waals surface area contributed by atoms with Crippen molar-refractivity contribution < 1.29 is 15.0 Å². The maximum atomic E-state index is 10.6. The van der Waals surface area contributed by atoms with E-state index < -0.39 is 5.97 Å². The first-order chi connectivity index (χ1) is 8.70. The molecule has 0 bridgehead atoms. The monoisotopic (exact) mass is 240 g/mol. The lowest BCUT2D eigenvalue weighted by atomic mass is 10.1. The predicted molar refractivity (Wildman–Crippen MR) is 66.7 cm³/mol. The molecule has 90 valence electrons. The third kappa shape index (κ3) is 3.13. The molecule has 0 amide bonds. The minimum Gasteiger partial charge on any atom is -0.478 e. The molecule has 0 spiro atoms. The zero-order valence-corrected chi connectivity index (χ0v) is 9.68. The van der Waals surface area contributed by atoms with Crippen molar-refractivity contribution in [2.45, 2.75) is 6.42 Å². The van der Waals surface area contributed by atoms with Gasteiger partial charge in [-0.25, -0.2) is 4.79 Å². The van der Waals surface area contributed by atoms with Crippen LogP contribution in [-0.4, -0.2) is 22.8 Å². The number of hydrogen-bond donors (Lipinski definition) is 2. The Hall–Kier alpha value is -2.23. The van der Waals surface area contributed by atoms with Crippen molar-refractivity contribution in [2.75, 3.05) is 6.61 Å². The summed E-state index contributed by atoms with van der Waals surface area (Å²) in [4.78, 5) is 10.6. The number of aliphatic hydroxyl groups excluding tert-OH is 1. The Bertz CT molecular complexity index is 564. The fraction of sp³-hybridized carbons (Fsp3) is 0.267. The van der Waals surface area contributed by atoms with E-state index in [0.717, 1.165) is 12.0 Å². The maximum absolute atomic E-state index is 10.6. The molecule has 1 aromatic carbocycles. The Morgan fingerprint density at radius 1 is 1.28 bits per heavy atom. The third-order valence-corrected chi connectivity index (χ3v) is 2.82. The number of carboxylic acids is 1. The largest absolute Gasteiger partial charge is 0.478 e. The molecule has 0 unspecified atom stereocenters. The van der Waals surface area contributed by atoms with Crippen LogP contribution in [0.25, 0.3) is 0 Å². The van der Waals surface area contributed by atoms with Gasteiger partial charge in [0.15, 0.2) is 0 Å². The SMILES string of the molecule is O=C(O)c1ccc(C#CC#C[C@H]2C[C@@H]2CO)cc1. The Balaban J connectivity index is 1.96. The highest BCUT2D eigenvalue weighted by molar-refractivity contribution is 5.87. The molecule has 18 heavy (non-hydrogen) atoms. The zero-order valence-electron chi connectivity index (χ0n) is 9.68. The van der Waals surface area contributed by atoms with Gasteiger partial charge in [0.1, 0.15) is 0 Å². The third-order valence-electron chi connectivity index (χ3n) is 2.82. The molecule has 2 rings (SSSR count). The molecule has 1 aromatic rings. The van der Waals surface area contributed by atoms with Gasteiger partial charge in [-0.3, -0.25) is 0 Å². The van der Waals surface area contributed by atoms with Gasteiger partial charge < -0.3 is 10.2 Å². The molecule has 0 aliphatic heterocycles. The van der Waals surface area contributed by atoms with Crippen LogP contribution in [0, 0.1) is 35.5 Å². The van der Waals surface area contributed by atoms with Gasteiger partial charge in [-0.15, -0.1) is 0 Å². The summed E-state index contributed by atoms with van der Waals surface area (Å²) in [5, 5.41) is 17.6. The van der Waals surface area contributed by atoms with Crippen LogP contribution in [0.5, 0.6) is 0 Å². The van der Waals surface area contributed by atoms with E-state index in [1.165, 1.54) is 12.1 Å². The molecule has 3 nitrogen and oxygen atoms in total. The molecule has 1 aliphatic carbocycles. The topological polar surface area (TPSA) is 57.5 Å². The van der Waals surface area contributed by atoms with Crippen LogP contribution >= 0.6 is 0 Å². The number of benzene rings is 1. The first kappa shape index (κ1) is 12.2. The number of rotatable bonds is 2. The van der Waals surface area contributed by atoms with Crippen molar-refractivity contribution in [3.8, 4) is 23.7 Å². The highest BCUT2D eigenvalue weighted by Gasteiger charge is 2.34. The van der Waals surface area contributed by atoms with Crippen molar-refractivity contribution in [2.24, 2.45) is 11.8 Å². The molecule has 0 heterocycles. The summed E-state index contributed by atoms with van der Waals surface area (Å²) in [5.41, 5.74) is 0.985. The van der Waals surface area contributed by atoms with Gasteiger partial charge in [0, 0.05) is 18.1 Å². The van der Waals surface area contributed by atoms with Crippen molar-refractivity contribution in [3.63, 3.8) is 0 Å². The summed E-state index contributed by atoms with van der Waals surface area (Å²) >= 11 is 0. The molecular weight excluding hydrogens is 228 g/mol. The molecule has 1 saturated carbocycles. The summed E-state index contributed by atoms with van der Waals surface area (Å²) < 4.78 is 0. The van der Waals surface area contributed by atoms with E-state index >= 15 is 0 Å². The summed E-state index contributed by atoms with van der Waals surface area (Å²) in [7, 11) is 0. The van der Waals surface area contributed by atoms with Crippen LogP contribution in [0.1, 0.15) is 22.3 Å². The number of carboxylic acid groups (broad SMARTS) is 1. The van der Waals surface area contributed by atoms with E-state index in [4.69, 9.17) is 10.2 Å². The molecule has 0 aromatic heterocycles. The second-order valence-electron chi connectivity index (χ2n) is 4.19. The highest BCUT2D eigenvalue weighted by Crippen LogP contribution is 2.36. The Labute approximate surface area is 105 Å². The second-order valence-corrected chi connectivity index (χ2v) is 4.19. The minimum absolute atomic E-state index is 0.198. The normalized spacial score (nSPS) is 20.1. The number of hydrogen-bond acceptors (Lipinski definition) is 2. The molecule has 1 fully saturated rings. The number of aliphatic hydroxyl groups is 1. The molecule has 2 N–H and O–H groups in total. The van der Waals surface area contributed by atoms with Gasteiger partial charge in [0.2, 0.25) is 0 Å². The minimum atomic E-state index is -0.946. The van der Waals surface area contributed by atoms with E-state index in [2.05, 4.69) is 23.7 Å². The Morgan fingerprint density at radius 3 is 2.56 bits per heavy atom. The zero-order chi connectivity index (χ0) is 13.0. The average molecular weight is 240 g/mol. The summed E-state index contributed by atoms with van der Waals surface area (Å²) in [5.74, 6) is 11.0. The van der Waals surface area contributed by atoms with Crippen molar-refractivity contribution >= 4 is 5.97 Å². The van der Waals surface area contributed by atoms with Crippen LogP contribution in [-0.2, 0) is 0 Å². The standard InChI is InChI=1S/C15H12O3/c16-10-14-9-13(14)4-2-1-3-11-5-7-12(8-6-11)15(17)18/h5-8,13-14,16H,9-10H2,(H,17,18)/t13-,14+/m0/s1. The highest BCUT2D eigenvalue weighted by atomic mass is 16.4. The average Bonchev–Trinajstić information content (AvgIpc) is 3.14. The summed E-state index contributed by atoms with van der Waals surface area (Å²) in [6.07, 6.45) is 0.957. The van der Waals surface area contributed by atoms with Gasteiger partial charge in [-0.05, 0) is 48.4 Å². The maximum Gasteiger partial charge on any atom is 0.335 e. The number of aromatic carboxylic acids is 1. The molecular formula is C15H12O3. The van der Waals surface area contributed by atoms with E-state index in [9.17, 15) is 4.79 Å². The number of carbonyl (C=O) groups is 1. The van der Waals surface area contributed by atoms with Crippen LogP contribution in [0.2, 0.25) is 0 Å². The van der Waals surface area contributed by atoms with E-state index in [0.29, 0.717) is 11.8 Å². The Morgan fingerprint density at radius 2 is 2.00 bits per heavy atom. The molecule has 0 radical (unpaired) electrons. The lowest BCUT2D eigenvalue weighted by molar-refractivity contribution is 0.0697. The van der Waals surface area contributed by atoms with Crippen molar-refractivity contribution in [1.29, 1.82) is 0 Å². The van der Waals surface area contributed by atoms with Gasteiger partial charge >= 0.3 is 5.97 Å². The molecule has 3 heteroatoms. The van der Waals surface area contributed by atoms with E-state index in [-0.39, 0.29) is 12.2 Å². The van der Waals surface area contributed by atoms with Gasteiger partial charge in [-0.2, -0.15) is 0 Å². The van der Waals surface area contributed by atoms with Crippen LogP contribution in [0.3, 0.4) is 0 Å². The van der Waals surface area contributed by atoms with Crippen molar-refractivity contribution in [3.05, 3.63) is 35.4 Å². The summed E-state index contributed by atoms with van der Waals surface area (Å²) in [6.45, 7) is 0.198. The second kappa shape index (κ2) is 5.40. The van der Waals surface area contributed by atoms with Gasteiger partial charge in [0.05, 0.1) is 5.56 Å².